The number of rotatable bonds is 4. The Morgan fingerprint density at radius 3 is 3.11 bits per heavy atom. The number of benzene rings is 1. The van der Waals surface area contributed by atoms with Gasteiger partial charge in [-0.1, -0.05) is 13.0 Å². The molecule has 0 fully saturated rings. The summed E-state index contributed by atoms with van der Waals surface area (Å²) in [5.41, 5.74) is 3.34. The molecule has 146 valence electrons. The van der Waals surface area contributed by atoms with E-state index in [1.54, 1.807) is 18.3 Å². The molecule has 1 aromatic carbocycles. The molecule has 2 aromatic rings. The minimum Gasteiger partial charge on any atom is -0.482 e. The van der Waals surface area contributed by atoms with Crippen LogP contribution in [-0.4, -0.2) is 34.8 Å². The average molecular weight is 444 g/mol. The molecule has 2 aliphatic rings. The van der Waals surface area contributed by atoms with Gasteiger partial charge in [-0.15, -0.1) is 0 Å². The number of ether oxygens (including phenoxy) is 1. The minimum absolute atomic E-state index is 0.0269. The second-order valence-corrected chi connectivity index (χ2v) is 7.97. The van der Waals surface area contributed by atoms with Crippen molar-refractivity contribution in [2.75, 3.05) is 18.5 Å². The van der Waals surface area contributed by atoms with Crippen LogP contribution in [0.15, 0.2) is 34.9 Å². The molecule has 0 radical (unpaired) electrons. The van der Waals surface area contributed by atoms with Crippen LogP contribution >= 0.6 is 15.9 Å². The molecule has 4 rings (SSSR count). The maximum absolute atomic E-state index is 13.5. The molecule has 6 nitrogen and oxygen atoms in total. The Morgan fingerprint density at radius 1 is 1.43 bits per heavy atom. The first kappa shape index (κ1) is 18.9. The van der Waals surface area contributed by atoms with Crippen LogP contribution in [0.25, 0.3) is 0 Å². The molecule has 7 heteroatoms. The molecule has 0 saturated heterocycles. The fraction of sp³-hybridized carbons (Fsp3) is 0.381. The Labute approximate surface area is 172 Å². The summed E-state index contributed by atoms with van der Waals surface area (Å²) in [6.45, 7) is 2.68. The highest BCUT2D eigenvalue weighted by molar-refractivity contribution is 9.10. The van der Waals surface area contributed by atoms with Crippen molar-refractivity contribution in [3.63, 3.8) is 0 Å². The van der Waals surface area contributed by atoms with E-state index in [1.807, 2.05) is 11.0 Å². The van der Waals surface area contributed by atoms with E-state index >= 15 is 0 Å². The first-order chi connectivity index (χ1) is 13.6. The number of aryl methyl sites for hydroxylation is 1. The SMILES string of the molecule is CCCN(C(=O)c1cc2c(cc1Br)NC(=O)CO2)C1CCCc2cccnc21. The number of anilines is 1. The lowest BCUT2D eigenvalue weighted by Gasteiger charge is -2.35. The predicted molar refractivity (Wildman–Crippen MR) is 110 cm³/mol. The lowest BCUT2D eigenvalue weighted by atomic mass is 9.90. The van der Waals surface area contributed by atoms with Gasteiger partial charge in [0.25, 0.3) is 11.8 Å². The predicted octanol–water partition coefficient (Wildman–Crippen LogP) is 4.10. The van der Waals surface area contributed by atoms with Crippen molar-refractivity contribution < 1.29 is 14.3 Å². The van der Waals surface area contributed by atoms with Crippen molar-refractivity contribution in [2.24, 2.45) is 0 Å². The molecule has 0 saturated carbocycles. The Balaban J connectivity index is 1.70. The van der Waals surface area contributed by atoms with E-state index in [2.05, 4.69) is 39.2 Å². The Bertz CT molecular complexity index is 931. The minimum atomic E-state index is -0.198. The third-order valence-electron chi connectivity index (χ3n) is 5.20. The molecule has 1 aromatic heterocycles. The van der Waals surface area contributed by atoms with Gasteiger partial charge in [0.1, 0.15) is 5.75 Å². The molecule has 0 bridgehead atoms. The second kappa shape index (κ2) is 7.91. The van der Waals surface area contributed by atoms with Gasteiger partial charge in [0, 0.05) is 17.2 Å². The summed E-state index contributed by atoms with van der Waals surface area (Å²) in [5, 5.41) is 2.77. The average Bonchev–Trinajstić information content (AvgIpc) is 2.70. The quantitative estimate of drug-likeness (QED) is 0.771. The molecular formula is C21H22BrN3O3. The first-order valence-corrected chi connectivity index (χ1v) is 10.4. The van der Waals surface area contributed by atoms with Gasteiger partial charge in [-0.25, -0.2) is 0 Å². The standard InChI is InChI=1S/C21H22BrN3O3/c1-2-9-25(17-7-3-5-13-6-4-8-23-20(13)17)21(27)14-10-18-16(11-15(14)22)24-19(26)12-28-18/h4,6,8,10-11,17H,2-3,5,7,9,12H2,1H3,(H,24,26). The van der Waals surface area contributed by atoms with E-state index in [0.29, 0.717) is 28.0 Å². The third kappa shape index (κ3) is 3.51. The van der Waals surface area contributed by atoms with Crippen molar-refractivity contribution >= 4 is 33.4 Å². The van der Waals surface area contributed by atoms with E-state index in [0.717, 1.165) is 31.4 Å². The highest BCUT2D eigenvalue weighted by Gasteiger charge is 2.32. The van der Waals surface area contributed by atoms with E-state index in [9.17, 15) is 9.59 Å². The lowest BCUT2D eigenvalue weighted by molar-refractivity contribution is -0.118. The number of aromatic nitrogens is 1. The molecule has 2 heterocycles. The number of carbonyl (C=O) groups excluding carboxylic acids is 2. The van der Waals surface area contributed by atoms with Crippen LogP contribution < -0.4 is 10.1 Å². The molecule has 1 aliphatic carbocycles. The smallest absolute Gasteiger partial charge is 0.262 e. The summed E-state index contributed by atoms with van der Waals surface area (Å²) in [4.78, 5) is 31.6. The van der Waals surface area contributed by atoms with Gasteiger partial charge in [0.2, 0.25) is 0 Å². The van der Waals surface area contributed by atoms with E-state index in [1.165, 1.54) is 5.56 Å². The Kier molecular flexibility index (Phi) is 5.35. The van der Waals surface area contributed by atoms with Gasteiger partial charge in [-0.05, 0) is 65.4 Å². The number of nitrogens with one attached hydrogen (secondary N) is 1. The van der Waals surface area contributed by atoms with Gasteiger partial charge in [0.15, 0.2) is 6.61 Å². The van der Waals surface area contributed by atoms with Crippen LogP contribution in [0.3, 0.4) is 0 Å². The van der Waals surface area contributed by atoms with E-state index < -0.39 is 0 Å². The van der Waals surface area contributed by atoms with E-state index in [4.69, 9.17) is 4.74 Å². The number of nitrogens with zero attached hydrogens (tertiary/aromatic N) is 2. The number of pyridine rings is 1. The monoisotopic (exact) mass is 443 g/mol. The van der Waals surface area contributed by atoms with Crippen LogP contribution in [0.4, 0.5) is 5.69 Å². The zero-order valence-corrected chi connectivity index (χ0v) is 17.3. The molecule has 1 atom stereocenters. The summed E-state index contributed by atoms with van der Waals surface area (Å²) >= 11 is 3.50. The largest absolute Gasteiger partial charge is 0.482 e. The van der Waals surface area contributed by atoms with Crippen LogP contribution in [0.2, 0.25) is 0 Å². The van der Waals surface area contributed by atoms with Crippen molar-refractivity contribution in [3.05, 3.63) is 51.8 Å². The number of hydrogen-bond acceptors (Lipinski definition) is 4. The van der Waals surface area contributed by atoms with Gasteiger partial charge in [0.05, 0.1) is 23.0 Å². The third-order valence-corrected chi connectivity index (χ3v) is 5.86. The topological polar surface area (TPSA) is 71.5 Å². The summed E-state index contributed by atoms with van der Waals surface area (Å²) in [7, 11) is 0. The van der Waals surface area contributed by atoms with Gasteiger partial charge < -0.3 is 15.0 Å². The zero-order valence-electron chi connectivity index (χ0n) is 15.7. The van der Waals surface area contributed by atoms with Crippen LogP contribution in [-0.2, 0) is 11.2 Å². The van der Waals surface area contributed by atoms with E-state index in [-0.39, 0.29) is 24.5 Å². The fourth-order valence-corrected chi connectivity index (χ4v) is 4.46. The molecule has 1 aliphatic heterocycles. The highest BCUT2D eigenvalue weighted by atomic mass is 79.9. The van der Waals surface area contributed by atoms with Crippen LogP contribution in [0.5, 0.6) is 5.75 Å². The normalized spacial score (nSPS) is 17.8. The van der Waals surface area contributed by atoms with Crippen molar-refractivity contribution in [1.29, 1.82) is 0 Å². The molecule has 1 unspecified atom stereocenters. The van der Waals surface area contributed by atoms with Crippen LogP contribution in [0.1, 0.15) is 53.8 Å². The fourth-order valence-electron chi connectivity index (χ4n) is 3.95. The first-order valence-electron chi connectivity index (χ1n) is 9.59. The highest BCUT2D eigenvalue weighted by Crippen LogP contribution is 2.37. The van der Waals surface area contributed by atoms with Crippen molar-refractivity contribution in [3.8, 4) is 5.75 Å². The van der Waals surface area contributed by atoms with Crippen molar-refractivity contribution in [1.82, 2.24) is 9.88 Å². The maximum atomic E-state index is 13.5. The maximum Gasteiger partial charge on any atom is 0.262 e. The number of fused-ring (bicyclic) bond motifs is 2. The van der Waals surface area contributed by atoms with Gasteiger partial charge in [-0.2, -0.15) is 0 Å². The number of carbonyl (C=O) groups is 2. The summed E-state index contributed by atoms with van der Waals surface area (Å²) in [6.07, 6.45) is 5.61. The molecular weight excluding hydrogens is 422 g/mol. The number of halogens is 1. The van der Waals surface area contributed by atoms with Gasteiger partial charge in [-0.3, -0.25) is 14.6 Å². The van der Waals surface area contributed by atoms with Crippen LogP contribution in [0, 0.1) is 0 Å². The summed E-state index contributed by atoms with van der Waals surface area (Å²) in [5.74, 6) is 0.265. The zero-order chi connectivity index (χ0) is 19.7. The molecule has 28 heavy (non-hydrogen) atoms. The second-order valence-electron chi connectivity index (χ2n) is 7.12. The lowest BCUT2D eigenvalue weighted by Crippen LogP contribution is -2.38. The summed E-state index contributed by atoms with van der Waals surface area (Å²) < 4.78 is 6.15. The van der Waals surface area contributed by atoms with Crippen molar-refractivity contribution in [2.45, 2.75) is 38.6 Å². The molecule has 1 N–H and O–H groups in total. The van der Waals surface area contributed by atoms with Gasteiger partial charge >= 0.3 is 0 Å². The number of amides is 2. The molecule has 0 spiro atoms. The Morgan fingerprint density at radius 2 is 2.29 bits per heavy atom. The summed E-state index contributed by atoms with van der Waals surface area (Å²) in [6, 6.07) is 7.48. The Hall–Kier alpha value is -2.41. The number of hydrogen-bond donors (Lipinski definition) is 1. The molecule has 2 amide bonds.